The smallest absolute Gasteiger partial charge is 0.314 e. The molecule has 1 aromatic rings. The molecule has 4 heteroatoms. The lowest BCUT2D eigenvalue weighted by Gasteiger charge is -2.38. The van der Waals surface area contributed by atoms with E-state index in [0.717, 1.165) is 56.5 Å². The van der Waals surface area contributed by atoms with Crippen LogP contribution in [0, 0.1) is 0 Å². The second-order valence-corrected chi connectivity index (χ2v) is 6.39. The normalized spacial score (nSPS) is 22.5. The van der Waals surface area contributed by atoms with Crippen molar-refractivity contribution in [3.8, 4) is 5.75 Å². The Morgan fingerprint density at radius 1 is 1.24 bits per heavy atom. The highest BCUT2D eigenvalue weighted by molar-refractivity contribution is 5.82. The maximum Gasteiger partial charge on any atom is 0.314 e. The lowest BCUT2D eigenvalue weighted by molar-refractivity contribution is -0.147. The zero-order chi connectivity index (χ0) is 14.9. The highest BCUT2D eigenvalue weighted by atomic mass is 16.5. The van der Waals surface area contributed by atoms with Crippen molar-refractivity contribution in [3.05, 3.63) is 29.8 Å². The van der Waals surface area contributed by atoms with E-state index in [1.54, 1.807) is 0 Å². The van der Waals surface area contributed by atoms with Crippen LogP contribution in [0.2, 0.25) is 0 Å². The average Bonchev–Trinajstić information content (AvgIpc) is 2.42. The van der Waals surface area contributed by atoms with E-state index in [0.29, 0.717) is 0 Å². The first-order chi connectivity index (χ1) is 10.1. The van der Waals surface area contributed by atoms with Gasteiger partial charge in [0.15, 0.2) is 0 Å². The molecule has 1 heterocycles. The summed E-state index contributed by atoms with van der Waals surface area (Å²) in [6.07, 6.45) is 4.88. The van der Waals surface area contributed by atoms with Crippen LogP contribution in [0.4, 0.5) is 0 Å². The molecule has 2 aliphatic rings. The first-order valence-corrected chi connectivity index (χ1v) is 7.79. The molecule has 114 valence electrons. The van der Waals surface area contributed by atoms with E-state index < -0.39 is 11.4 Å². The average molecular weight is 289 g/mol. The van der Waals surface area contributed by atoms with E-state index >= 15 is 0 Å². The van der Waals surface area contributed by atoms with Gasteiger partial charge in [-0.15, -0.1) is 0 Å². The lowest BCUT2D eigenvalue weighted by atomic mass is 9.64. The van der Waals surface area contributed by atoms with Crippen LogP contribution >= 0.6 is 0 Å². The van der Waals surface area contributed by atoms with Crippen LogP contribution in [0.3, 0.4) is 0 Å². The number of nitrogens with zero attached hydrogens (tertiary/aromatic N) is 1. The summed E-state index contributed by atoms with van der Waals surface area (Å²) in [6, 6.07) is 7.71. The highest BCUT2D eigenvalue weighted by Gasteiger charge is 2.45. The second kappa shape index (κ2) is 5.68. The van der Waals surface area contributed by atoms with E-state index in [2.05, 4.69) is 11.9 Å². The molecule has 1 aromatic carbocycles. The van der Waals surface area contributed by atoms with Gasteiger partial charge in [-0.05, 0) is 50.4 Å². The molecule has 1 N–H and O–H groups in total. The molecule has 0 spiro atoms. The number of carbonyl (C=O) groups is 1. The summed E-state index contributed by atoms with van der Waals surface area (Å²) < 4.78 is 6.01. The molecular weight excluding hydrogens is 266 g/mol. The third kappa shape index (κ3) is 2.77. The monoisotopic (exact) mass is 289 g/mol. The Morgan fingerprint density at radius 3 is 2.33 bits per heavy atom. The summed E-state index contributed by atoms with van der Waals surface area (Å²) in [6.45, 7) is 2.15. The lowest BCUT2D eigenvalue weighted by Crippen LogP contribution is -2.42. The van der Waals surface area contributed by atoms with Crippen LogP contribution in [-0.2, 0) is 10.2 Å². The Kier molecular flexibility index (Phi) is 3.89. The van der Waals surface area contributed by atoms with Crippen LogP contribution < -0.4 is 4.74 Å². The maximum atomic E-state index is 11.5. The van der Waals surface area contributed by atoms with Gasteiger partial charge in [0.1, 0.15) is 11.9 Å². The van der Waals surface area contributed by atoms with Crippen molar-refractivity contribution >= 4 is 5.97 Å². The number of hydrogen-bond donors (Lipinski definition) is 1. The summed E-state index contributed by atoms with van der Waals surface area (Å²) in [4.78, 5) is 13.8. The number of likely N-dealkylation sites (tertiary alicyclic amines) is 1. The summed E-state index contributed by atoms with van der Waals surface area (Å²) in [5, 5.41) is 9.46. The number of rotatable bonds is 4. The van der Waals surface area contributed by atoms with Gasteiger partial charge in [-0.25, -0.2) is 0 Å². The molecule has 1 aliphatic heterocycles. The maximum absolute atomic E-state index is 11.5. The molecule has 0 atom stereocenters. The molecule has 1 saturated carbocycles. The molecule has 1 saturated heterocycles. The van der Waals surface area contributed by atoms with Gasteiger partial charge in [-0.3, -0.25) is 4.79 Å². The van der Waals surface area contributed by atoms with Crippen LogP contribution in [0.1, 0.15) is 37.7 Å². The molecule has 4 nitrogen and oxygen atoms in total. The Morgan fingerprint density at radius 2 is 1.86 bits per heavy atom. The molecule has 21 heavy (non-hydrogen) atoms. The first kappa shape index (κ1) is 14.4. The number of hydrogen-bond acceptors (Lipinski definition) is 3. The van der Waals surface area contributed by atoms with Crippen LogP contribution in [0.15, 0.2) is 24.3 Å². The van der Waals surface area contributed by atoms with E-state index in [9.17, 15) is 9.90 Å². The molecule has 0 unspecified atom stereocenters. The minimum Gasteiger partial charge on any atom is -0.490 e. The molecule has 1 aliphatic carbocycles. The van der Waals surface area contributed by atoms with Crippen molar-refractivity contribution in [1.29, 1.82) is 0 Å². The number of carboxylic acids is 1. The number of ether oxygens (including phenoxy) is 1. The minimum atomic E-state index is -0.697. The van der Waals surface area contributed by atoms with Crippen molar-refractivity contribution in [1.82, 2.24) is 4.90 Å². The standard InChI is InChI=1S/C17H23NO3/c1-18-11-7-15(8-12-18)21-14-5-3-13(4-6-14)17(16(19)20)9-2-10-17/h3-6,15H,2,7-12H2,1H3,(H,19,20). The van der Waals surface area contributed by atoms with Crippen molar-refractivity contribution in [3.63, 3.8) is 0 Å². The predicted molar refractivity (Wildman–Crippen MR) is 80.8 cm³/mol. The van der Waals surface area contributed by atoms with Gasteiger partial charge >= 0.3 is 5.97 Å². The Labute approximate surface area is 125 Å². The fourth-order valence-electron chi connectivity index (χ4n) is 3.30. The zero-order valence-electron chi connectivity index (χ0n) is 12.5. The molecule has 3 rings (SSSR count). The summed E-state index contributed by atoms with van der Waals surface area (Å²) in [5.74, 6) is 0.158. The molecule has 2 fully saturated rings. The largest absolute Gasteiger partial charge is 0.490 e. The third-order valence-electron chi connectivity index (χ3n) is 4.99. The van der Waals surface area contributed by atoms with Crippen molar-refractivity contribution in [2.45, 2.75) is 43.6 Å². The van der Waals surface area contributed by atoms with Crippen LogP contribution in [0.5, 0.6) is 5.75 Å². The van der Waals surface area contributed by atoms with Gasteiger partial charge in [0.25, 0.3) is 0 Å². The topological polar surface area (TPSA) is 49.8 Å². The SMILES string of the molecule is CN1CCC(Oc2ccc(C3(C(=O)O)CCC3)cc2)CC1. The second-order valence-electron chi connectivity index (χ2n) is 6.39. The Hall–Kier alpha value is -1.55. The minimum absolute atomic E-state index is 0.282. The van der Waals surface area contributed by atoms with Crippen LogP contribution in [0.25, 0.3) is 0 Å². The van der Waals surface area contributed by atoms with Gasteiger partial charge in [0.2, 0.25) is 0 Å². The molecular formula is C17H23NO3. The molecule has 0 radical (unpaired) electrons. The van der Waals surface area contributed by atoms with Gasteiger partial charge in [0, 0.05) is 13.1 Å². The fourth-order valence-corrected chi connectivity index (χ4v) is 3.30. The highest BCUT2D eigenvalue weighted by Crippen LogP contribution is 2.44. The van der Waals surface area contributed by atoms with Crippen molar-refractivity contribution in [2.24, 2.45) is 0 Å². The molecule has 0 aromatic heterocycles. The summed E-state index contributed by atoms with van der Waals surface area (Å²) in [5.41, 5.74) is 0.267. The quantitative estimate of drug-likeness (QED) is 0.926. The number of benzene rings is 1. The van der Waals surface area contributed by atoms with Crippen molar-refractivity contribution < 1.29 is 14.6 Å². The van der Waals surface area contributed by atoms with E-state index in [4.69, 9.17) is 4.74 Å². The van der Waals surface area contributed by atoms with E-state index in [1.807, 2.05) is 24.3 Å². The summed E-state index contributed by atoms with van der Waals surface area (Å²) in [7, 11) is 2.13. The molecule has 0 bridgehead atoms. The van der Waals surface area contributed by atoms with E-state index in [1.165, 1.54) is 0 Å². The van der Waals surface area contributed by atoms with Crippen LogP contribution in [-0.4, -0.2) is 42.2 Å². The Balaban J connectivity index is 1.66. The molecule has 0 amide bonds. The third-order valence-corrected chi connectivity index (χ3v) is 4.99. The zero-order valence-corrected chi connectivity index (χ0v) is 12.5. The first-order valence-electron chi connectivity index (χ1n) is 7.79. The van der Waals surface area contributed by atoms with Gasteiger partial charge in [-0.1, -0.05) is 18.6 Å². The van der Waals surface area contributed by atoms with Crippen molar-refractivity contribution in [2.75, 3.05) is 20.1 Å². The van der Waals surface area contributed by atoms with E-state index in [-0.39, 0.29) is 6.10 Å². The van der Waals surface area contributed by atoms with Gasteiger partial charge in [0.05, 0.1) is 5.41 Å². The van der Waals surface area contributed by atoms with Gasteiger partial charge < -0.3 is 14.7 Å². The fraction of sp³-hybridized carbons (Fsp3) is 0.588. The number of piperidine rings is 1. The Bertz CT molecular complexity index is 499. The summed E-state index contributed by atoms with van der Waals surface area (Å²) >= 11 is 0. The number of aliphatic carboxylic acids is 1. The predicted octanol–water partition coefficient (Wildman–Crippen LogP) is 2.67. The van der Waals surface area contributed by atoms with Gasteiger partial charge in [-0.2, -0.15) is 0 Å². The number of carboxylic acid groups (broad SMARTS) is 1.